The lowest BCUT2D eigenvalue weighted by molar-refractivity contribution is -0.119. The number of rotatable bonds is 5. The second-order valence-corrected chi connectivity index (χ2v) is 5.76. The Morgan fingerprint density at radius 2 is 2.11 bits per heavy atom. The molecule has 0 bridgehead atoms. The molecule has 2 rings (SSSR count). The summed E-state index contributed by atoms with van der Waals surface area (Å²) in [6.45, 7) is 2.70. The first-order chi connectivity index (χ1) is 9.29. The van der Waals surface area contributed by atoms with Crippen molar-refractivity contribution < 1.29 is 4.79 Å². The fourth-order valence-corrected chi connectivity index (χ4v) is 3.07. The minimum atomic E-state index is 0.0857. The molecule has 0 unspecified atom stereocenters. The number of carbonyl (C=O) groups excluding carboxylic acids is 1. The monoisotopic (exact) mass is 283 g/mol. The van der Waals surface area contributed by atoms with Crippen molar-refractivity contribution in [2.24, 2.45) is 0 Å². The largest absolute Gasteiger partial charge is 0.353 e. The molecule has 6 nitrogen and oxygen atoms in total. The minimum absolute atomic E-state index is 0.0857. The Kier molecular flexibility index (Phi) is 5.62. The molecule has 106 valence electrons. The number of nitrogens with zero attached hydrogens (tertiary/aromatic N) is 4. The van der Waals surface area contributed by atoms with Crippen molar-refractivity contribution >= 4 is 17.7 Å². The third kappa shape index (κ3) is 4.49. The molecule has 0 atom stereocenters. The fourth-order valence-electron chi connectivity index (χ4n) is 2.32. The van der Waals surface area contributed by atoms with Gasteiger partial charge in [-0.15, -0.1) is 5.10 Å². The molecule has 1 fully saturated rings. The van der Waals surface area contributed by atoms with Gasteiger partial charge >= 0.3 is 0 Å². The van der Waals surface area contributed by atoms with Gasteiger partial charge in [0.1, 0.15) is 0 Å². The van der Waals surface area contributed by atoms with Crippen LogP contribution in [0.2, 0.25) is 0 Å². The number of hydrogen-bond acceptors (Lipinski definition) is 5. The average Bonchev–Trinajstić information content (AvgIpc) is 2.72. The zero-order chi connectivity index (χ0) is 13.5. The van der Waals surface area contributed by atoms with Crippen LogP contribution in [0, 0.1) is 0 Å². The summed E-state index contributed by atoms with van der Waals surface area (Å²) < 4.78 is 1.70. The van der Waals surface area contributed by atoms with E-state index in [1.54, 1.807) is 4.68 Å². The van der Waals surface area contributed by atoms with E-state index in [2.05, 4.69) is 20.8 Å². The van der Waals surface area contributed by atoms with Gasteiger partial charge in [-0.3, -0.25) is 4.79 Å². The number of aromatic nitrogens is 4. The highest BCUT2D eigenvalue weighted by atomic mass is 32.2. The molecule has 0 spiro atoms. The highest BCUT2D eigenvalue weighted by Crippen LogP contribution is 2.18. The van der Waals surface area contributed by atoms with Crippen LogP contribution in [0.25, 0.3) is 0 Å². The number of thioether (sulfide) groups is 1. The topological polar surface area (TPSA) is 72.7 Å². The summed E-state index contributed by atoms with van der Waals surface area (Å²) in [7, 11) is 0. The molecule has 1 aliphatic rings. The SMILES string of the molecule is CCn1nnnc1SCC(=O)NC1CCCCCC1. The summed E-state index contributed by atoms with van der Waals surface area (Å²) in [6, 6.07) is 0.359. The Morgan fingerprint density at radius 3 is 2.79 bits per heavy atom. The molecule has 1 amide bonds. The predicted octanol–water partition coefficient (Wildman–Crippen LogP) is 1.62. The minimum Gasteiger partial charge on any atom is -0.353 e. The smallest absolute Gasteiger partial charge is 0.230 e. The van der Waals surface area contributed by atoms with Crippen molar-refractivity contribution in [3.8, 4) is 0 Å². The summed E-state index contributed by atoms with van der Waals surface area (Å²) in [4.78, 5) is 11.9. The predicted molar refractivity (Wildman–Crippen MR) is 73.8 cm³/mol. The second kappa shape index (κ2) is 7.47. The molecular weight excluding hydrogens is 262 g/mol. The van der Waals surface area contributed by atoms with Gasteiger partial charge in [0, 0.05) is 12.6 Å². The lowest BCUT2D eigenvalue weighted by atomic mass is 10.1. The van der Waals surface area contributed by atoms with Crippen LogP contribution >= 0.6 is 11.8 Å². The van der Waals surface area contributed by atoms with Crippen LogP contribution in [-0.2, 0) is 11.3 Å². The van der Waals surface area contributed by atoms with Crippen molar-refractivity contribution in [3.63, 3.8) is 0 Å². The Balaban J connectivity index is 1.74. The van der Waals surface area contributed by atoms with Gasteiger partial charge in [0.05, 0.1) is 5.75 Å². The third-order valence-corrected chi connectivity index (χ3v) is 4.31. The first-order valence-electron chi connectivity index (χ1n) is 6.98. The number of tetrazole rings is 1. The molecule has 1 aromatic heterocycles. The van der Waals surface area contributed by atoms with Crippen LogP contribution in [-0.4, -0.2) is 37.9 Å². The Hall–Kier alpha value is -1.11. The molecule has 19 heavy (non-hydrogen) atoms. The standard InChI is InChI=1S/C12H21N5OS/c1-2-17-12(14-15-16-17)19-9-11(18)13-10-7-5-3-4-6-8-10/h10H,2-9H2,1H3,(H,13,18). The molecule has 1 heterocycles. The first kappa shape index (κ1) is 14.3. The van der Waals surface area contributed by atoms with E-state index >= 15 is 0 Å². The van der Waals surface area contributed by atoms with Crippen LogP contribution in [0.15, 0.2) is 5.16 Å². The Morgan fingerprint density at radius 1 is 1.37 bits per heavy atom. The molecular formula is C12H21N5OS. The third-order valence-electron chi connectivity index (χ3n) is 3.35. The maximum atomic E-state index is 11.9. The van der Waals surface area contributed by atoms with E-state index in [1.165, 1.54) is 37.4 Å². The van der Waals surface area contributed by atoms with Gasteiger partial charge in [-0.05, 0) is 30.2 Å². The van der Waals surface area contributed by atoms with E-state index in [0.717, 1.165) is 19.4 Å². The van der Waals surface area contributed by atoms with E-state index < -0.39 is 0 Å². The first-order valence-corrected chi connectivity index (χ1v) is 7.96. The zero-order valence-electron chi connectivity index (χ0n) is 11.3. The van der Waals surface area contributed by atoms with Gasteiger partial charge in [0.2, 0.25) is 11.1 Å². The summed E-state index contributed by atoms with van der Waals surface area (Å²) in [5.41, 5.74) is 0. The van der Waals surface area contributed by atoms with Crippen molar-refractivity contribution in [1.82, 2.24) is 25.5 Å². The zero-order valence-corrected chi connectivity index (χ0v) is 12.2. The summed E-state index contributed by atoms with van der Waals surface area (Å²) in [6.07, 6.45) is 7.28. The van der Waals surface area contributed by atoms with Gasteiger partial charge in [-0.2, -0.15) is 0 Å². The molecule has 0 aliphatic heterocycles. The van der Waals surface area contributed by atoms with Crippen molar-refractivity contribution in [3.05, 3.63) is 0 Å². The average molecular weight is 283 g/mol. The highest BCUT2D eigenvalue weighted by molar-refractivity contribution is 7.99. The maximum Gasteiger partial charge on any atom is 0.230 e. The molecule has 0 aromatic carbocycles. The fraction of sp³-hybridized carbons (Fsp3) is 0.833. The van der Waals surface area contributed by atoms with Crippen molar-refractivity contribution in [2.45, 2.75) is 63.2 Å². The van der Waals surface area contributed by atoms with Gasteiger partial charge in [-0.25, -0.2) is 4.68 Å². The number of carbonyl (C=O) groups is 1. The molecule has 1 aromatic rings. The van der Waals surface area contributed by atoms with E-state index in [-0.39, 0.29) is 5.91 Å². The second-order valence-electron chi connectivity index (χ2n) is 4.82. The normalized spacial score (nSPS) is 17.1. The van der Waals surface area contributed by atoms with Gasteiger partial charge in [0.15, 0.2) is 0 Å². The Bertz CT molecular complexity index is 401. The lowest BCUT2D eigenvalue weighted by Gasteiger charge is -2.15. The Labute approximate surface area is 117 Å². The van der Waals surface area contributed by atoms with E-state index in [0.29, 0.717) is 17.0 Å². The van der Waals surface area contributed by atoms with E-state index in [9.17, 15) is 4.79 Å². The van der Waals surface area contributed by atoms with Crippen LogP contribution in [0.3, 0.4) is 0 Å². The molecule has 1 N–H and O–H groups in total. The number of hydrogen-bond donors (Lipinski definition) is 1. The van der Waals surface area contributed by atoms with E-state index in [4.69, 9.17) is 0 Å². The lowest BCUT2D eigenvalue weighted by Crippen LogP contribution is -2.35. The van der Waals surface area contributed by atoms with E-state index in [1.807, 2.05) is 6.92 Å². The van der Waals surface area contributed by atoms with Crippen molar-refractivity contribution in [2.75, 3.05) is 5.75 Å². The molecule has 1 saturated carbocycles. The quantitative estimate of drug-likeness (QED) is 0.656. The molecule has 0 radical (unpaired) electrons. The van der Waals surface area contributed by atoms with Crippen LogP contribution in [0.4, 0.5) is 0 Å². The van der Waals surface area contributed by atoms with Gasteiger partial charge < -0.3 is 5.32 Å². The van der Waals surface area contributed by atoms with Gasteiger partial charge in [0.25, 0.3) is 0 Å². The highest BCUT2D eigenvalue weighted by Gasteiger charge is 2.15. The summed E-state index contributed by atoms with van der Waals surface area (Å²) in [5, 5.41) is 15.2. The summed E-state index contributed by atoms with van der Waals surface area (Å²) in [5.74, 6) is 0.471. The van der Waals surface area contributed by atoms with Crippen molar-refractivity contribution in [1.29, 1.82) is 0 Å². The molecule has 1 aliphatic carbocycles. The van der Waals surface area contributed by atoms with Crippen LogP contribution < -0.4 is 5.32 Å². The van der Waals surface area contributed by atoms with Crippen LogP contribution in [0.5, 0.6) is 0 Å². The number of aryl methyl sites for hydroxylation is 1. The number of amides is 1. The van der Waals surface area contributed by atoms with Crippen LogP contribution in [0.1, 0.15) is 45.4 Å². The maximum absolute atomic E-state index is 11.9. The molecule has 0 saturated heterocycles. The molecule has 7 heteroatoms. The van der Waals surface area contributed by atoms with Gasteiger partial charge in [-0.1, -0.05) is 37.4 Å². The summed E-state index contributed by atoms with van der Waals surface area (Å²) >= 11 is 1.39. The number of nitrogens with one attached hydrogen (secondary N) is 1.